The van der Waals surface area contributed by atoms with Gasteiger partial charge in [0.05, 0.1) is 0 Å². The molecule has 0 aliphatic rings. The molecule has 0 N–H and O–H groups in total. The van der Waals surface area contributed by atoms with Crippen LogP contribution >= 0.6 is 8.61 Å². The summed E-state index contributed by atoms with van der Waals surface area (Å²) in [5.74, 6) is 0. The molecule has 1 unspecified atom stereocenters. The Hall–Kier alpha value is 0.0600. The minimum Gasteiger partial charge on any atom is -0.105 e. The molecule has 30 valence electrons. The molecule has 5 heavy (non-hydrogen) atoms. The van der Waals surface area contributed by atoms with Gasteiger partial charge in [-0.1, -0.05) is 4.57 Å². The molecule has 0 aromatic carbocycles. The van der Waals surface area contributed by atoms with Crippen LogP contribution in [0, 0.1) is 0 Å². The third-order valence-corrected chi connectivity index (χ3v) is 0.548. The molecule has 0 heterocycles. The Morgan fingerprint density at radius 2 is 1.80 bits per heavy atom. The molecule has 2 nitrogen and oxygen atoms in total. The minimum atomic E-state index is -0.302. The molecule has 0 rings (SSSR count). The van der Waals surface area contributed by atoms with Crippen molar-refractivity contribution in [2.45, 2.75) is 0 Å². The third kappa shape index (κ3) is 4.06. The first-order valence-corrected chi connectivity index (χ1v) is 2.18. The zero-order chi connectivity index (χ0) is 4.28. The normalized spacial score (nSPS) is 10.2. The van der Waals surface area contributed by atoms with Gasteiger partial charge in [0.2, 0.25) is 0 Å². The number of nitrogens with zero attached hydrogens (tertiary/aromatic N) is 1. The van der Waals surface area contributed by atoms with Gasteiger partial charge in [-0.15, -0.1) is 4.67 Å². The fraction of sp³-hybridized carbons (Fsp3) is 1.00. The summed E-state index contributed by atoms with van der Waals surface area (Å²) in [6.07, 6.45) is 0. The summed E-state index contributed by atoms with van der Waals surface area (Å²) in [5.41, 5.74) is 0. The predicted molar refractivity (Wildman–Crippen MR) is 22.7 cm³/mol. The van der Waals surface area contributed by atoms with E-state index in [1.807, 2.05) is 0 Å². The highest BCUT2D eigenvalue weighted by molar-refractivity contribution is 7.20. The molecule has 1 atom stereocenters. The summed E-state index contributed by atoms with van der Waals surface area (Å²) < 4.78 is 11.2. The van der Waals surface area contributed by atoms with Crippen molar-refractivity contribution in [3.05, 3.63) is 0 Å². The van der Waals surface area contributed by atoms with Gasteiger partial charge in [-0.05, 0) is 0 Å². The van der Waals surface area contributed by atoms with Gasteiger partial charge in [-0.25, -0.2) is 0 Å². The Balaban J connectivity index is 2.83. The topological polar surface area (TPSA) is 20.3 Å². The van der Waals surface area contributed by atoms with E-state index >= 15 is 0 Å². The van der Waals surface area contributed by atoms with Crippen LogP contribution in [0.4, 0.5) is 0 Å². The van der Waals surface area contributed by atoms with Crippen molar-refractivity contribution in [2.24, 2.45) is 0 Å². The lowest BCUT2D eigenvalue weighted by Crippen LogP contribution is -1.90. The second kappa shape index (κ2) is 2.31. The average molecular weight is 92.1 g/mol. The highest BCUT2D eigenvalue weighted by atomic mass is 31.1. The zero-order valence-corrected chi connectivity index (χ0v) is 4.36. The Labute approximate surface area is 33.0 Å². The van der Waals surface area contributed by atoms with E-state index in [1.165, 1.54) is 0 Å². The smallest absolute Gasteiger partial charge is 0.105 e. The van der Waals surface area contributed by atoms with Crippen LogP contribution in [0.2, 0.25) is 0 Å². The van der Waals surface area contributed by atoms with E-state index in [1.54, 1.807) is 18.8 Å². The molecule has 0 radical (unpaired) electrons. The monoisotopic (exact) mass is 92.0 g/mol. The van der Waals surface area contributed by atoms with Crippen LogP contribution in [-0.4, -0.2) is 18.8 Å². The maximum Gasteiger partial charge on any atom is 0.420 e. The molecule has 0 saturated carbocycles. The quantitative estimate of drug-likeness (QED) is 0.438. The summed E-state index contributed by atoms with van der Waals surface area (Å²) in [4.78, 5) is 0. The van der Waals surface area contributed by atoms with E-state index in [2.05, 4.69) is 0 Å². The Morgan fingerprint density at radius 3 is 1.80 bits per heavy atom. The van der Waals surface area contributed by atoms with E-state index in [-0.39, 0.29) is 8.61 Å². The van der Waals surface area contributed by atoms with Crippen LogP contribution in [0.1, 0.15) is 0 Å². The van der Waals surface area contributed by atoms with Gasteiger partial charge in [-0.2, -0.15) is 0 Å². The first-order valence-electron chi connectivity index (χ1n) is 1.32. The fourth-order valence-corrected chi connectivity index (χ4v) is 0. The maximum atomic E-state index is 9.58. The molecule has 0 bridgehead atoms. The van der Waals surface area contributed by atoms with Gasteiger partial charge in [0.25, 0.3) is 0 Å². The predicted octanol–water partition coefficient (Wildman–Crippen LogP) is 0.487. The Morgan fingerprint density at radius 1 is 1.60 bits per heavy atom. The second-order valence-electron chi connectivity index (χ2n) is 0.986. The van der Waals surface area contributed by atoms with Crippen molar-refractivity contribution in [3.63, 3.8) is 0 Å². The third-order valence-electron chi connectivity index (χ3n) is 0.183. The van der Waals surface area contributed by atoms with Crippen LogP contribution in [0.3, 0.4) is 0 Å². The van der Waals surface area contributed by atoms with Crippen molar-refractivity contribution >= 4 is 8.61 Å². The van der Waals surface area contributed by atoms with E-state index in [4.69, 9.17) is 0 Å². The van der Waals surface area contributed by atoms with Gasteiger partial charge >= 0.3 is 8.61 Å². The first-order chi connectivity index (χ1) is 2.27. The van der Waals surface area contributed by atoms with Crippen LogP contribution in [0.15, 0.2) is 0 Å². The van der Waals surface area contributed by atoms with Gasteiger partial charge < -0.3 is 0 Å². The lowest BCUT2D eigenvalue weighted by molar-refractivity contribution is 0.552. The number of rotatable bonds is 1. The lowest BCUT2D eigenvalue weighted by atomic mass is 11.3. The number of hydrogen-bond donors (Lipinski definition) is 0. The Kier molecular flexibility index (Phi) is 2.33. The van der Waals surface area contributed by atoms with Crippen molar-refractivity contribution in [1.82, 2.24) is 4.67 Å². The summed E-state index contributed by atoms with van der Waals surface area (Å²) in [6.45, 7) is 0. The highest BCUT2D eigenvalue weighted by Crippen LogP contribution is 1.90. The fourth-order valence-electron chi connectivity index (χ4n) is 0. The minimum absolute atomic E-state index is 0.302. The van der Waals surface area contributed by atoms with Crippen molar-refractivity contribution < 1.29 is 4.57 Å². The summed E-state index contributed by atoms with van der Waals surface area (Å²) >= 11 is 0. The summed E-state index contributed by atoms with van der Waals surface area (Å²) in [5, 5.41) is 0. The van der Waals surface area contributed by atoms with Crippen LogP contribution in [0.5, 0.6) is 0 Å². The van der Waals surface area contributed by atoms with Crippen LogP contribution in [0.25, 0.3) is 0 Å². The standard InChI is InChI=1S/C2H6NOP/c1-3(2)5-4/h1-2H3/p+1. The first kappa shape index (κ1) is 5.06. The summed E-state index contributed by atoms with van der Waals surface area (Å²) in [7, 11) is 3.21. The van der Waals surface area contributed by atoms with E-state index in [9.17, 15) is 4.57 Å². The zero-order valence-electron chi connectivity index (χ0n) is 3.36. The molecule has 0 aromatic rings. The Bertz CT molecular complexity index is 36.6. The lowest BCUT2D eigenvalue weighted by Gasteiger charge is -1.75. The molecule has 0 aliphatic carbocycles. The SMILES string of the molecule is CN(C)[PH+]=O. The van der Waals surface area contributed by atoms with Gasteiger partial charge in [0, 0.05) is 14.1 Å². The molecule has 0 aromatic heterocycles. The molecular weight excluding hydrogens is 85.0 g/mol. The average Bonchev–Trinajstić information content (AvgIpc) is 1.38. The van der Waals surface area contributed by atoms with Gasteiger partial charge in [0.15, 0.2) is 0 Å². The van der Waals surface area contributed by atoms with Crippen LogP contribution < -0.4 is 0 Å². The molecule has 0 fully saturated rings. The molecule has 0 amide bonds. The molecule has 0 spiro atoms. The van der Waals surface area contributed by atoms with Crippen LogP contribution in [-0.2, 0) is 4.57 Å². The molecular formula is C2H7NOP+. The molecule has 0 aliphatic heterocycles. The summed E-state index contributed by atoms with van der Waals surface area (Å²) in [6, 6.07) is 0. The highest BCUT2D eigenvalue weighted by Gasteiger charge is 1.85. The van der Waals surface area contributed by atoms with E-state index in [0.29, 0.717) is 0 Å². The van der Waals surface area contributed by atoms with Gasteiger partial charge in [0.1, 0.15) is 0 Å². The maximum absolute atomic E-state index is 9.58. The second-order valence-corrected chi connectivity index (χ2v) is 2.06. The van der Waals surface area contributed by atoms with Gasteiger partial charge in [-0.3, -0.25) is 0 Å². The van der Waals surface area contributed by atoms with E-state index < -0.39 is 0 Å². The van der Waals surface area contributed by atoms with Crippen molar-refractivity contribution in [2.75, 3.05) is 14.1 Å². The van der Waals surface area contributed by atoms with E-state index in [0.717, 1.165) is 0 Å². The molecule has 3 heteroatoms. The number of hydrogen-bond acceptors (Lipinski definition) is 1. The van der Waals surface area contributed by atoms with Crippen molar-refractivity contribution in [1.29, 1.82) is 0 Å². The van der Waals surface area contributed by atoms with Crippen molar-refractivity contribution in [3.8, 4) is 0 Å². The largest absolute Gasteiger partial charge is 0.420 e. The molecule has 0 saturated heterocycles.